The zero-order chi connectivity index (χ0) is 17.9. The van der Waals surface area contributed by atoms with Crippen molar-refractivity contribution in [3.05, 3.63) is 23.4 Å². The van der Waals surface area contributed by atoms with Crippen molar-refractivity contribution in [2.45, 2.75) is 39.2 Å². The van der Waals surface area contributed by atoms with E-state index in [0.29, 0.717) is 18.5 Å². The Labute approximate surface area is 135 Å². The third-order valence-corrected chi connectivity index (χ3v) is 3.88. The second kappa shape index (κ2) is 10.0. The summed E-state index contributed by atoms with van der Waals surface area (Å²) >= 11 is 0. The van der Waals surface area contributed by atoms with Gasteiger partial charge in [-0.05, 0) is 38.3 Å². The van der Waals surface area contributed by atoms with E-state index in [1.807, 2.05) is 20.8 Å². The summed E-state index contributed by atoms with van der Waals surface area (Å²) in [5.41, 5.74) is 0.296. The highest BCUT2D eigenvalue weighted by atomic mass is 16.3. The minimum absolute atomic E-state index is 0.156. The Morgan fingerprint density at radius 2 is 1.78 bits per heavy atom. The molecule has 0 aromatic heterocycles. The molecule has 0 heterocycles. The number of rotatable bonds is 6. The summed E-state index contributed by atoms with van der Waals surface area (Å²) in [6.07, 6.45) is 7.59. The van der Waals surface area contributed by atoms with Gasteiger partial charge in [-0.25, -0.2) is 9.59 Å². The van der Waals surface area contributed by atoms with Crippen LogP contribution in [-0.4, -0.2) is 52.8 Å². The molecule has 1 aliphatic carbocycles. The van der Waals surface area contributed by atoms with Crippen molar-refractivity contribution >= 4 is 12.2 Å². The first-order chi connectivity index (χ1) is 10.9. The lowest BCUT2D eigenvalue weighted by molar-refractivity contribution is 0.00304. The molecular weight excluding hydrogens is 300 g/mol. The summed E-state index contributed by atoms with van der Waals surface area (Å²) in [4.78, 5) is 27.5. The molecule has 1 rings (SSSR count). The van der Waals surface area contributed by atoms with Crippen LogP contribution >= 0.6 is 0 Å². The number of aliphatic hydroxyl groups excluding tert-OH is 3. The van der Waals surface area contributed by atoms with Gasteiger partial charge in [-0.2, -0.15) is 9.98 Å². The van der Waals surface area contributed by atoms with Crippen LogP contribution in [0.15, 0.2) is 33.4 Å². The molecule has 23 heavy (non-hydrogen) atoms. The summed E-state index contributed by atoms with van der Waals surface area (Å²) in [5, 5.41) is 26.0. The fourth-order valence-electron chi connectivity index (χ4n) is 1.94. The first-order valence-corrected chi connectivity index (χ1v) is 7.24. The number of hydrogen-bond donors (Lipinski definition) is 3. The van der Waals surface area contributed by atoms with Crippen LogP contribution in [0.4, 0.5) is 0 Å². The van der Waals surface area contributed by atoms with Crippen molar-refractivity contribution in [2.75, 3.05) is 19.8 Å². The van der Waals surface area contributed by atoms with Gasteiger partial charge in [-0.3, -0.25) is 0 Å². The van der Waals surface area contributed by atoms with E-state index in [1.54, 1.807) is 12.2 Å². The maximum Gasteiger partial charge on any atom is 0.240 e. The number of carbonyl (C=O) groups excluding carboxylic acids is 2. The standard InChI is InChI=1S/C10H10N2O2.C6H14O3/c1-8-5-10(2,12-7-14)4-3-9(8)11-6-13;1-2-6(3-7,4-8)5-9/h3-4H,5H2,1-2H3;7-9H,2-5H2,1H3. The maximum atomic E-state index is 10.2. The lowest BCUT2D eigenvalue weighted by Crippen LogP contribution is -2.32. The van der Waals surface area contributed by atoms with E-state index in [1.165, 1.54) is 12.2 Å². The number of isocyanates is 2. The largest absolute Gasteiger partial charge is 0.396 e. The number of aliphatic imine (C=N–C) groups is 2. The van der Waals surface area contributed by atoms with E-state index in [2.05, 4.69) is 9.98 Å². The summed E-state index contributed by atoms with van der Waals surface area (Å²) in [6, 6.07) is 0. The van der Waals surface area contributed by atoms with Gasteiger partial charge in [-0.1, -0.05) is 13.0 Å². The van der Waals surface area contributed by atoms with Crippen LogP contribution in [0.5, 0.6) is 0 Å². The van der Waals surface area contributed by atoms with Crippen LogP contribution in [0.2, 0.25) is 0 Å². The Hall–Kier alpha value is -1.88. The first kappa shape index (κ1) is 21.1. The van der Waals surface area contributed by atoms with Crippen LogP contribution in [0.25, 0.3) is 0 Å². The quantitative estimate of drug-likeness (QED) is 0.497. The number of aliphatic hydroxyl groups is 3. The molecule has 128 valence electrons. The van der Waals surface area contributed by atoms with Crippen molar-refractivity contribution in [2.24, 2.45) is 15.4 Å². The average Bonchev–Trinajstić information content (AvgIpc) is 2.54. The second-order valence-corrected chi connectivity index (χ2v) is 5.77. The predicted octanol–water partition coefficient (Wildman–Crippen LogP) is 1.01. The maximum absolute atomic E-state index is 10.2. The van der Waals surface area contributed by atoms with E-state index in [0.717, 1.165) is 5.57 Å². The summed E-state index contributed by atoms with van der Waals surface area (Å²) in [5.74, 6) is 0. The van der Waals surface area contributed by atoms with Crippen LogP contribution in [0.1, 0.15) is 33.6 Å². The van der Waals surface area contributed by atoms with Crippen molar-refractivity contribution in [1.29, 1.82) is 0 Å². The van der Waals surface area contributed by atoms with E-state index in [-0.39, 0.29) is 19.8 Å². The Morgan fingerprint density at radius 3 is 2.09 bits per heavy atom. The third kappa shape index (κ3) is 6.40. The molecule has 0 bridgehead atoms. The number of nitrogens with zero attached hydrogens (tertiary/aromatic N) is 2. The fraction of sp³-hybridized carbons (Fsp3) is 0.625. The topological polar surface area (TPSA) is 120 Å². The normalized spacial score (nSPS) is 20.1. The molecule has 1 unspecified atom stereocenters. The minimum Gasteiger partial charge on any atom is -0.396 e. The summed E-state index contributed by atoms with van der Waals surface area (Å²) in [6.45, 7) is 5.02. The highest BCUT2D eigenvalue weighted by Crippen LogP contribution is 2.29. The van der Waals surface area contributed by atoms with Gasteiger partial charge in [0, 0.05) is 5.41 Å². The van der Waals surface area contributed by atoms with Gasteiger partial charge in [0.2, 0.25) is 12.2 Å². The second-order valence-electron chi connectivity index (χ2n) is 5.77. The van der Waals surface area contributed by atoms with Gasteiger partial charge >= 0.3 is 0 Å². The molecule has 0 amide bonds. The molecule has 0 aromatic rings. The molecule has 1 aliphatic rings. The fourth-order valence-corrected chi connectivity index (χ4v) is 1.94. The van der Waals surface area contributed by atoms with E-state index in [9.17, 15) is 9.59 Å². The highest BCUT2D eigenvalue weighted by Gasteiger charge is 2.25. The van der Waals surface area contributed by atoms with Gasteiger partial charge < -0.3 is 15.3 Å². The molecule has 0 aromatic carbocycles. The van der Waals surface area contributed by atoms with E-state index in [4.69, 9.17) is 15.3 Å². The zero-order valence-corrected chi connectivity index (χ0v) is 13.7. The van der Waals surface area contributed by atoms with Gasteiger partial charge in [0.15, 0.2) is 0 Å². The SMILES string of the molecule is CC1=C(N=C=O)C=CC(C)(N=C=O)C1.CCC(CO)(CO)CO. The first-order valence-electron chi connectivity index (χ1n) is 7.24. The highest BCUT2D eigenvalue weighted by molar-refractivity contribution is 5.45. The Kier molecular flexibility index (Phi) is 9.18. The van der Waals surface area contributed by atoms with E-state index >= 15 is 0 Å². The summed E-state index contributed by atoms with van der Waals surface area (Å²) in [7, 11) is 0. The Balaban J connectivity index is 0.000000468. The molecule has 0 saturated carbocycles. The van der Waals surface area contributed by atoms with Crippen LogP contribution < -0.4 is 0 Å². The molecular formula is C16H24N2O5. The van der Waals surface area contributed by atoms with Crippen molar-refractivity contribution < 1.29 is 24.9 Å². The summed E-state index contributed by atoms with van der Waals surface area (Å²) < 4.78 is 0. The predicted molar refractivity (Wildman–Crippen MR) is 85.1 cm³/mol. The smallest absolute Gasteiger partial charge is 0.240 e. The molecule has 3 N–H and O–H groups in total. The van der Waals surface area contributed by atoms with Crippen molar-refractivity contribution in [1.82, 2.24) is 0 Å². The molecule has 0 spiro atoms. The van der Waals surface area contributed by atoms with Gasteiger partial charge in [0.25, 0.3) is 0 Å². The monoisotopic (exact) mass is 324 g/mol. The number of allylic oxidation sites excluding steroid dienone is 1. The van der Waals surface area contributed by atoms with Gasteiger partial charge in [-0.15, -0.1) is 0 Å². The lowest BCUT2D eigenvalue weighted by atomic mass is 9.88. The van der Waals surface area contributed by atoms with Gasteiger partial charge in [0.05, 0.1) is 31.1 Å². The zero-order valence-electron chi connectivity index (χ0n) is 13.7. The van der Waals surface area contributed by atoms with Crippen LogP contribution in [0.3, 0.4) is 0 Å². The third-order valence-electron chi connectivity index (χ3n) is 3.88. The minimum atomic E-state index is -0.667. The molecule has 0 saturated heterocycles. The van der Waals surface area contributed by atoms with Crippen LogP contribution in [0, 0.1) is 5.41 Å². The molecule has 7 nitrogen and oxygen atoms in total. The van der Waals surface area contributed by atoms with Crippen molar-refractivity contribution in [3.63, 3.8) is 0 Å². The molecule has 0 aliphatic heterocycles. The Bertz CT molecular complexity index is 521. The van der Waals surface area contributed by atoms with Gasteiger partial charge in [0.1, 0.15) is 0 Å². The lowest BCUT2D eigenvalue weighted by Gasteiger charge is -2.24. The average molecular weight is 324 g/mol. The Morgan fingerprint density at radius 1 is 1.22 bits per heavy atom. The van der Waals surface area contributed by atoms with Crippen LogP contribution in [-0.2, 0) is 9.59 Å². The molecule has 0 radical (unpaired) electrons. The van der Waals surface area contributed by atoms with Crippen molar-refractivity contribution in [3.8, 4) is 0 Å². The van der Waals surface area contributed by atoms with E-state index < -0.39 is 11.0 Å². The molecule has 0 fully saturated rings. The molecule has 7 heteroatoms. The molecule has 1 atom stereocenters. The number of hydrogen-bond acceptors (Lipinski definition) is 7.